The van der Waals surface area contributed by atoms with Gasteiger partial charge >= 0.3 is 0 Å². The standard InChI is InChI=1S/C13H23N3O2/c1-17-8-6-15-12(14)16-10-9-3-7-18-11(9)13(10)4-2-5-13/h9-11H,2-8H2,1H3,(H3,14,15,16). The summed E-state index contributed by atoms with van der Waals surface area (Å²) in [5.41, 5.74) is 6.31. The van der Waals surface area contributed by atoms with E-state index in [0.29, 0.717) is 42.6 Å². The number of guanidine groups is 1. The van der Waals surface area contributed by atoms with Gasteiger partial charge in [0.15, 0.2) is 5.96 Å². The number of rotatable bonds is 4. The average molecular weight is 253 g/mol. The molecular formula is C13H23N3O2. The molecule has 18 heavy (non-hydrogen) atoms. The van der Waals surface area contributed by atoms with Crippen LogP contribution in [0.2, 0.25) is 0 Å². The molecule has 102 valence electrons. The molecule has 2 saturated carbocycles. The molecule has 0 bridgehead atoms. The summed E-state index contributed by atoms with van der Waals surface area (Å²) in [6, 6.07) is 0.477. The molecule has 5 heteroatoms. The Balaban J connectivity index is 1.60. The van der Waals surface area contributed by atoms with Gasteiger partial charge in [0, 0.05) is 31.1 Å². The number of hydrogen-bond donors (Lipinski definition) is 2. The van der Waals surface area contributed by atoms with E-state index in [4.69, 9.17) is 15.2 Å². The molecule has 1 spiro atoms. The Hall–Kier alpha value is -0.810. The molecule has 5 nitrogen and oxygen atoms in total. The fraction of sp³-hybridized carbons (Fsp3) is 0.923. The van der Waals surface area contributed by atoms with Crippen LogP contribution in [0.25, 0.3) is 0 Å². The minimum atomic E-state index is 0.364. The minimum Gasteiger partial charge on any atom is -0.383 e. The molecule has 3 rings (SSSR count). The number of fused-ring (bicyclic) bond motifs is 2. The first-order valence-corrected chi connectivity index (χ1v) is 6.95. The summed E-state index contributed by atoms with van der Waals surface area (Å²) in [5, 5.41) is 3.43. The van der Waals surface area contributed by atoms with Crippen LogP contribution in [0.5, 0.6) is 0 Å². The van der Waals surface area contributed by atoms with Gasteiger partial charge in [-0.25, -0.2) is 0 Å². The lowest BCUT2D eigenvalue weighted by Crippen LogP contribution is -2.72. The lowest BCUT2D eigenvalue weighted by atomic mass is 9.46. The van der Waals surface area contributed by atoms with Crippen molar-refractivity contribution in [2.45, 2.75) is 37.8 Å². The number of nitrogens with two attached hydrogens (primary N) is 1. The number of aliphatic imine (C=N–C) groups is 1. The highest BCUT2D eigenvalue weighted by Crippen LogP contribution is 2.62. The van der Waals surface area contributed by atoms with E-state index in [1.165, 1.54) is 19.3 Å². The van der Waals surface area contributed by atoms with Crippen molar-refractivity contribution in [3.05, 3.63) is 0 Å². The van der Waals surface area contributed by atoms with Crippen molar-refractivity contribution in [1.82, 2.24) is 5.32 Å². The van der Waals surface area contributed by atoms with Gasteiger partial charge in [-0.3, -0.25) is 4.99 Å². The summed E-state index contributed by atoms with van der Waals surface area (Å²) >= 11 is 0. The fourth-order valence-electron chi connectivity index (χ4n) is 3.92. The van der Waals surface area contributed by atoms with Gasteiger partial charge in [0.2, 0.25) is 0 Å². The van der Waals surface area contributed by atoms with E-state index in [9.17, 15) is 0 Å². The van der Waals surface area contributed by atoms with Crippen LogP contribution in [0.3, 0.4) is 0 Å². The Morgan fingerprint density at radius 3 is 3.06 bits per heavy atom. The second kappa shape index (κ2) is 4.70. The van der Waals surface area contributed by atoms with E-state index in [1.54, 1.807) is 7.11 Å². The van der Waals surface area contributed by atoms with Crippen LogP contribution in [0, 0.1) is 11.3 Å². The topological polar surface area (TPSA) is 68.9 Å². The van der Waals surface area contributed by atoms with Gasteiger partial charge in [-0.1, -0.05) is 6.42 Å². The lowest BCUT2D eigenvalue weighted by Gasteiger charge is -2.63. The highest BCUT2D eigenvalue weighted by Gasteiger charge is 2.66. The van der Waals surface area contributed by atoms with Crippen LogP contribution in [-0.4, -0.2) is 45.0 Å². The summed E-state index contributed by atoms with van der Waals surface area (Å²) in [4.78, 5) is 4.29. The zero-order chi connectivity index (χ0) is 12.6. The second-order valence-corrected chi connectivity index (χ2v) is 5.71. The fourth-order valence-corrected chi connectivity index (χ4v) is 3.92. The molecule has 1 heterocycles. The van der Waals surface area contributed by atoms with Gasteiger partial charge in [-0.2, -0.15) is 0 Å². The predicted molar refractivity (Wildman–Crippen MR) is 69.4 cm³/mol. The van der Waals surface area contributed by atoms with Gasteiger partial charge in [-0.05, 0) is 19.3 Å². The minimum absolute atomic E-state index is 0.364. The molecule has 0 radical (unpaired) electrons. The molecule has 1 aliphatic heterocycles. The number of nitrogens with one attached hydrogen (secondary N) is 1. The molecule has 3 N–H and O–H groups in total. The zero-order valence-electron chi connectivity index (χ0n) is 11.0. The number of hydrogen-bond acceptors (Lipinski definition) is 3. The van der Waals surface area contributed by atoms with Crippen molar-refractivity contribution in [3.63, 3.8) is 0 Å². The first kappa shape index (κ1) is 12.2. The highest BCUT2D eigenvalue weighted by molar-refractivity contribution is 5.78. The molecule has 0 aromatic heterocycles. The zero-order valence-corrected chi connectivity index (χ0v) is 11.0. The summed E-state index contributed by atoms with van der Waals surface area (Å²) in [7, 11) is 1.68. The van der Waals surface area contributed by atoms with Crippen LogP contribution < -0.4 is 11.1 Å². The maximum Gasteiger partial charge on any atom is 0.188 e. The van der Waals surface area contributed by atoms with Crippen LogP contribution in [-0.2, 0) is 9.47 Å². The molecule has 3 aliphatic rings. The largest absolute Gasteiger partial charge is 0.383 e. The maximum absolute atomic E-state index is 5.95. The maximum atomic E-state index is 5.95. The van der Waals surface area contributed by atoms with E-state index >= 15 is 0 Å². The van der Waals surface area contributed by atoms with Crippen molar-refractivity contribution in [2.75, 3.05) is 26.9 Å². The first-order chi connectivity index (χ1) is 8.78. The molecule has 0 aromatic carbocycles. The van der Waals surface area contributed by atoms with Crippen molar-refractivity contribution >= 4 is 5.96 Å². The van der Waals surface area contributed by atoms with Crippen LogP contribution >= 0.6 is 0 Å². The Morgan fingerprint density at radius 1 is 1.56 bits per heavy atom. The Labute approximate surface area is 108 Å². The van der Waals surface area contributed by atoms with Gasteiger partial charge in [0.25, 0.3) is 0 Å². The molecule has 3 unspecified atom stereocenters. The highest BCUT2D eigenvalue weighted by atomic mass is 16.5. The molecule has 2 aliphatic carbocycles. The summed E-state index contributed by atoms with van der Waals surface area (Å²) in [5.74, 6) is 1.20. The monoisotopic (exact) mass is 253 g/mol. The molecule has 3 atom stereocenters. The van der Waals surface area contributed by atoms with Gasteiger partial charge < -0.3 is 20.5 Å². The SMILES string of the molecule is COCCN=C(N)NC1C2CCOC2C12CCC2. The third-order valence-corrected chi connectivity index (χ3v) is 4.92. The number of methoxy groups -OCH3 is 1. The van der Waals surface area contributed by atoms with Crippen LogP contribution in [0.1, 0.15) is 25.7 Å². The molecule has 0 amide bonds. The Kier molecular flexibility index (Phi) is 3.20. The molecular weight excluding hydrogens is 230 g/mol. The third-order valence-electron chi connectivity index (χ3n) is 4.92. The summed E-state index contributed by atoms with van der Waals surface area (Å²) in [6.45, 7) is 2.16. The van der Waals surface area contributed by atoms with Gasteiger partial charge in [-0.15, -0.1) is 0 Å². The van der Waals surface area contributed by atoms with Crippen molar-refractivity contribution in [1.29, 1.82) is 0 Å². The summed E-state index contributed by atoms with van der Waals surface area (Å²) < 4.78 is 10.8. The van der Waals surface area contributed by atoms with Crippen molar-refractivity contribution < 1.29 is 9.47 Å². The first-order valence-electron chi connectivity index (χ1n) is 6.95. The van der Waals surface area contributed by atoms with Crippen LogP contribution in [0.15, 0.2) is 4.99 Å². The van der Waals surface area contributed by atoms with Crippen LogP contribution in [0.4, 0.5) is 0 Å². The lowest BCUT2D eigenvalue weighted by molar-refractivity contribution is -0.171. The van der Waals surface area contributed by atoms with Crippen molar-refractivity contribution in [2.24, 2.45) is 22.1 Å². The van der Waals surface area contributed by atoms with E-state index in [-0.39, 0.29) is 0 Å². The number of ether oxygens (including phenoxy) is 2. The van der Waals surface area contributed by atoms with E-state index in [1.807, 2.05) is 0 Å². The van der Waals surface area contributed by atoms with Gasteiger partial charge in [0.05, 0.1) is 19.3 Å². The van der Waals surface area contributed by atoms with E-state index < -0.39 is 0 Å². The predicted octanol–water partition coefficient (Wildman–Crippen LogP) is 0.495. The Morgan fingerprint density at radius 2 is 2.39 bits per heavy atom. The molecule has 3 fully saturated rings. The van der Waals surface area contributed by atoms with Gasteiger partial charge in [0.1, 0.15) is 0 Å². The third kappa shape index (κ3) is 1.72. The van der Waals surface area contributed by atoms with E-state index in [2.05, 4.69) is 10.3 Å². The van der Waals surface area contributed by atoms with E-state index in [0.717, 1.165) is 13.0 Å². The molecule has 1 saturated heterocycles. The number of nitrogens with zero attached hydrogens (tertiary/aromatic N) is 1. The second-order valence-electron chi connectivity index (χ2n) is 5.71. The quantitative estimate of drug-likeness (QED) is 0.435. The average Bonchev–Trinajstić information content (AvgIpc) is 2.70. The van der Waals surface area contributed by atoms with Crippen molar-refractivity contribution in [3.8, 4) is 0 Å². The Bertz CT molecular complexity index is 341. The summed E-state index contributed by atoms with van der Waals surface area (Å²) in [6.07, 6.45) is 5.52. The smallest absolute Gasteiger partial charge is 0.188 e. The molecule has 0 aromatic rings. The normalized spacial score (nSPS) is 36.9.